The minimum absolute atomic E-state index is 0.0524. The number of carbonyl (C=O) groups is 1. The molecule has 28 heavy (non-hydrogen) atoms. The van der Waals surface area contributed by atoms with Crippen molar-refractivity contribution in [3.8, 4) is 11.5 Å². The van der Waals surface area contributed by atoms with Gasteiger partial charge in [0.15, 0.2) is 0 Å². The number of thioether (sulfide) groups is 1. The summed E-state index contributed by atoms with van der Waals surface area (Å²) >= 11 is 1.04. The molecule has 0 spiro atoms. The Morgan fingerprint density at radius 1 is 1.46 bits per heavy atom. The predicted octanol–water partition coefficient (Wildman–Crippen LogP) is 0.791. The molecule has 3 rings (SSSR count). The zero-order valence-electron chi connectivity index (χ0n) is 16.0. The first-order valence-electron chi connectivity index (χ1n) is 8.95. The zero-order valence-corrected chi connectivity index (χ0v) is 16.8. The van der Waals surface area contributed by atoms with Crippen molar-refractivity contribution in [3.05, 3.63) is 39.3 Å². The molecule has 1 aliphatic rings. The molecular formula is C18H23N5O4S. The monoisotopic (exact) mass is 405 g/mol. The van der Waals surface area contributed by atoms with Crippen molar-refractivity contribution in [3.63, 3.8) is 0 Å². The number of nitrogens with two attached hydrogens (primary N) is 1. The SMILES string of the molecule is CCOc1cc2c(cc1CNC(=O)CSc1nnc(C)c(=O)n1N)O[C@@H](C)C2. The van der Waals surface area contributed by atoms with Crippen molar-refractivity contribution in [2.75, 3.05) is 18.2 Å². The number of carbonyl (C=O) groups excluding carboxylic acids is 1. The molecule has 2 aromatic rings. The molecule has 0 saturated carbocycles. The highest BCUT2D eigenvalue weighted by atomic mass is 32.2. The molecule has 10 heteroatoms. The molecule has 0 saturated heterocycles. The number of aryl methyl sites for hydroxylation is 1. The van der Waals surface area contributed by atoms with Gasteiger partial charge >= 0.3 is 0 Å². The van der Waals surface area contributed by atoms with Gasteiger partial charge < -0.3 is 20.6 Å². The van der Waals surface area contributed by atoms with E-state index in [4.69, 9.17) is 15.3 Å². The minimum atomic E-state index is -0.438. The molecule has 1 atom stereocenters. The summed E-state index contributed by atoms with van der Waals surface area (Å²) in [6.45, 7) is 6.29. The topological polar surface area (TPSA) is 121 Å². The first-order chi connectivity index (χ1) is 13.4. The zero-order chi connectivity index (χ0) is 20.3. The maximum Gasteiger partial charge on any atom is 0.294 e. The fourth-order valence-corrected chi connectivity index (χ4v) is 3.54. The van der Waals surface area contributed by atoms with E-state index in [0.717, 1.165) is 45.5 Å². The molecule has 2 heterocycles. The third kappa shape index (κ3) is 4.38. The summed E-state index contributed by atoms with van der Waals surface area (Å²) in [5.41, 5.74) is 1.72. The Hall–Kier alpha value is -2.75. The Kier molecular flexibility index (Phi) is 6.08. The molecule has 0 unspecified atom stereocenters. The molecule has 9 nitrogen and oxygen atoms in total. The van der Waals surface area contributed by atoms with E-state index in [1.165, 1.54) is 6.92 Å². The molecule has 3 N–H and O–H groups in total. The van der Waals surface area contributed by atoms with Crippen LogP contribution in [-0.4, -0.2) is 39.2 Å². The van der Waals surface area contributed by atoms with Crippen LogP contribution in [-0.2, 0) is 17.8 Å². The largest absolute Gasteiger partial charge is 0.494 e. The second-order valence-electron chi connectivity index (χ2n) is 6.44. The van der Waals surface area contributed by atoms with Gasteiger partial charge in [-0.05, 0) is 32.9 Å². The van der Waals surface area contributed by atoms with Crippen LogP contribution in [0.4, 0.5) is 0 Å². The summed E-state index contributed by atoms with van der Waals surface area (Å²) in [4.78, 5) is 24.0. The normalized spacial score (nSPS) is 15.0. The van der Waals surface area contributed by atoms with Gasteiger partial charge in [-0.3, -0.25) is 9.59 Å². The highest BCUT2D eigenvalue weighted by molar-refractivity contribution is 7.99. The van der Waals surface area contributed by atoms with E-state index in [1.54, 1.807) is 0 Å². The summed E-state index contributed by atoms with van der Waals surface area (Å²) < 4.78 is 12.4. The Morgan fingerprint density at radius 2 is 2.25 bits per heavy atom. The number of hydrogen-bond donors (Lipinski definition) is 2. The summed E-state index contributed by atoms with van der Waals surface area (Å²) in [5, 5.41) is 10.6. The van der Waals surface area contributed by atoms with Gasteiger partial charge in [0, 0.05) is 24.1 Å². The lowest BCUT2D eigenvalue weighted by molar-refractivity contribution is -0.118. The van der Waals surface area contributed by atoms with Gasteiger partial charge in [0.2, 0.25) is 11.1 Å². The first kappa shape index (κ1) is 20.0. The van der Waals surface area contributed by atoms with Crippen LogP contribution in [0, 0.1) is 6.92 Å². The van der Waals surface area contributed by atoms with Gasteiger partial charge in [0.1, 0.15) is 23.3 Å². The van der Waals surface area contributed by atoms with Crippen molar-refractivity contribution >= 4 is 17.7 Å². The van der Waals surface area contributed by atoms with Crippen molar-refractivity contribution in [1.29, 1.82) is 0 Å². The van der Waals surface area contributed by atoms with Gasteiger partial charge in [-0.15, -0.1) is 10.2 Å². The van der Waals surface area contributed by atoms with E-state index in [-0.39, 0.29) is 28.6 Å². The fraction of sp³-hybridized carbons (Fsp3) is 0.444. The third-order valence-electron chi connectivity index (χ3n) is 4.21. The van der Waals surface area contributed by atoms with Crippen molar-refractivity contribution in [2.24, 2.45) is 0 Å². The molecule has 1 aliphatic heterocycles. The Balaban J connectivity index is 1.62. The molecule has 0 bridgehead atoms. The lowest BCUT2D eigenvalue weighted by Gasteiger charge is -2.13. The number of nitrogens with zero attached hydrogens (tertiary/aromatic N) is 3. The van der Waals surface area contributed by atoms with Gasteiger partial charge in [-0.1, -0.05) is 11.8 Å². The van der Waals surface area contributed by atoms with E-state index in [2.05, 4.69) is 15.5 Å². The summed E-state index contributed by atoms with van der Waals surface area (Å²) in [5.74, 6) is 7.07. The summed E-state index contributed by atoms with van der Waals surface area (Å²) in [7, 11) is 0. The molecule has 1 aromatic heterocycles. The number of hydrogen-bond acceptors (Lipinski definition) is 8. The number of amides is 1. The van der Waals surface area contributed by atoms with E-state index in [9.17, 15) is 9.59 Å². The Labute approximate surface area is 166 Å². The van der Waals surface area contributed by atoms with Crippen LogP contribution in [0.5, 0.6) is 11.5 Å². The van der Waals surface area contributed by atoms with Crippen LogP contribution in [0.25, 0.3) is 0 Å². The number of benzene rings is 1. The number of nitrogens with one attached hydrogen (secondary N) is 1. The maximum absolute atomic E-state index is 12.2. The standard InChI is InChI=1S/C18H23N5O4S/c1-4-26-14-6-12-5-10(2)27-15(12)7-13(14)8-20-16(24)9-28-18-22-21-11(3)17(25)23(18)19/h6-7,10H,4-5,8-9,19H2,1-3H3,(H,20,24)/t10-/m0/s1. The van der Waals surface area contributed by atoms with Gasteiger partial charge in [0.25, 0.3) is 5.56 Å². The van der Waals surface area contributed by atoms with E-state index >= 15 is 0 Å². The second-order valence-corrected chi connectivity index (χ2v) is 7.38. The maximum atomic E-state index is 12.2. The average molecular weight is 405 g/mol. The number of aromatic nitrogens is 3. The average Bonchev–Trinajstić information content (AvgIpc) is 3.02. The Morgan fingerprint density at radius 3 is 3.00 bits per heavy atom. The number of fused-ring (bicyclic) bond motifs is 1. The molecule has 0 fully saturated rings. The van der Waals surface area contributed by atoms with E-state index in [1.807, 2.05) is 26.0 Å². The Bertz CT molecular complexity index is 946. The number of rotatable bonds is 7. The van der Waals surface area contributed by atoms with Crippen LogP contribution in [0.15, 0.2) is 22.1 Å². The highest BCUT2D eigenvalue weighted by Gasteiger charge is 2.22. The molecule has 1 aromatic carbocycles. The van der Waals surface area contributed by atoms with Crippen molar-refractivity contribution < 1.29 is 14.3 Å². The quantitative estimate of drug-likeness (QED) is 0.512. The van der Waals surface area contributed by atoms with Crippen LogP contribution in [0.3, 0.4) is 0 Å². The molecule has 0 radical (unpaired) electrons. The predicted molar refractivity (Wildman–Crippen MR) is 105 cm³/mol. The van der Waals surface area contributed by atoms with E-state index in [0.29, 0.717) is 13.2 Å². The van der Waals surface area contributed by atoms with Crippen LogP contribution in [0.1, 0.15) is 30.7 Å². The van der Waals surface area contributed by atoms with Crippen LogP contribution < -0.4 is 26.2 Å². The summed E-state index contributed by atoms with van der Waals surface area (Å²) in [6, 6.07) is 3.90. The van der Waals surface area contributed by atoms with Crippen molar-refractivity contribution in [1.82, 2.24) is 20.2 Å². The summed E-state index contributed by atoms with van der Waals surface area (Å²) in [6.07, 6.45) is 0.979. The number of nitrogen functional groups attached to an aromatic ring is 1. The number of ether oxygens (including phenoxy) is 2. The minimum Gasteiger partial charge on any atom is -0.494 e. The lowest BCUT2D eigenvalue weighted by Crippen LogP contribution is -2.33. The molecular weight excluding hydrogens is 382 g/mol. The lowest BCUT2D eigenvalue weighted by atomic mass is 10.1. The van der Waals surface area contributed by atoms with Gasteiger partial charge in [-0.2, -0.15) is 4.68 Å². The van der Waals surface area contributed by atoms with Crippen LogP contribution in [0.2, 0.25) is 0 Å². The smallest absolute Gasteiger partial charge is 0.294 e. The first-order valence-corrected chi connectivity index (χ1v) is 9.93. The molecule has 1 amide bonds. The fourth-order valence-electron chi connectivity index (χ4n) is 2.85. The van der Waals surface area contributed by atoms with Gasteiger partial charge in [0.05, 0.1) is 12.4 Å². The highest BCUT2D eigenvalue weighted by Crippen LogP contribution is 2.35. The van der Waals surface area contributed by atoms with Crippen LogP contribution >= 0.6 is 11.8 Å². The molecule has 150 valence electrons. The van der Waals surface area contributed by atoms with Crippen molar-refractivity contribution in [2.45, 2.75) is 45.0 Å². The van der Waals surface area contributed by atoms with Gasteiger partial charge in [-0.25, -0.2) is 0 Å². The molecule has 0 aliphatic carbocycles. The second kappa shape index (κ2) is 8.51. The van der Waals surface area contributed by atoms with E-state index < -0.39 is 5.56 Å². The third-order valence-corrected chi connectivity index (χ3v) is 5.15.